The van der Waals surface area contributed by atoms with Crippen LogP contribution < -0.4 is 11.1 Å². The van der Waals surface area contributed by atoms with Crippen molar-refractivity contribution in [2.24, 2.45) is 0 Å². The fraction of sp³-hybridized carbons (Fsp3) is 0. The molecule has 3 N–H and O–H groups in total. The highest BCUT2D eigenvalue weighted by atomic mass is 35.5. The Labute approximate surface area is 119 Å². The summed E-state index contributed by atoms with van der Waals surface area (Å²) in [7, 11) is 0. The Balaban J connectivity index is 2.28. The molecular formula is C14H9ClFN3O. The van der Waals surface area contributed by atoms with Gasteiger partial charge < -0.3 is 11.1 Å². The van der Waals surface area contributed by atoms with E-state index in [4.69, 9.17) is 22.6 Å². The molecule has 2 aromatic rings. The highest BCUT2D eigenvalue weighted by molar-refractivity contribution is 6.31. The molecular weight excluding hydrogens is 281 g/mol. The second kappa shape index (κ2) is 5.59. The van der Waals surface area contributed by atoms with Crippen LogP contribution in [0.5, 0.6) is 0 Å². The molecule has 0 aliphatic rings. The van der Waals surface area contributed by atoms with Crippen LogP contribution in [-0.2, 0) is 0 Å². The molecule has 0 aromatic heterocycles. The monoisotopic (exact) mass is 289 g/mol. The summed E-state index contributed by atoms with van der Waals surface area (Å²) >= 11 is 5.79. The van der Waals surface area contributed by atoms with Gasteiger partial charge in [0.15, 0.2) is 0 Å². The predicted octanol–water partition coefficient (Wildman–Crippen LogP) is 3.19. The molecule has 0 aliphatic carbocycles. The topological polar surface area (TPSA) is 78.9 Å². The van der Waals surface area contributed by atoms with Gasteiger partial charge in [-0.1, -0.05) is 11.6 Å². The van der Waals surface area contributed by atoms with Crippen molar-refractivity contribution >= 4 is 28.9 Å². The Morgan fingerprint density at radius 2 is 2.05 bits per heavy atom. The maximum Gasteiger partial charge on any atom is 0.257 e. The van der Waals surface area contributed by atoms with Crippen molar-refractivity contribution in [2.45, 2.75) is 0 Å². The highest BCUT2D eigenvalue weighted by Crippen LogP contribution is 2.21. The minimum absolute atomic E-state index is 0.0339. The zero-order valence-electron chi connectivity index (χ0n) is 10.2. The Hall–Kier alpha value is -2.58. The molecule has 1 amide bonds. The SMILES string of the molecule is N#Cc1ccc(NC(=O)c2cc(Cl)ccc2N)c(F)c1. The van der Waals surface area contributed by atoms with Crippen molar-refractivity contribution in [3.8, 4) is 6.07 Å². The normalized spacial score (nSPS) is 9.85. The number of nitrogens with one attached hydrogen (secondary N) is 1. The molecule has 0 saturated carbocycles. The molecule has 0 bridgehead atoms. The van der Waals surface area contributed by atoms with E-state index < -0.39 is 11.7 Å². The number of nitrogen functional groups attached to an aromatic ring is 1. The van der Waals surface area contributed by atoms with E-state index in [0.29, 0.717) is 5.02 Å². The van der Waals surface area contributed by atoms with E-state index >= 15 is 0 Å². The number of hydrogen-bond donors (Lipinski definition) is 2. The number of amides is 1. The minimum Gasteiger partial charge on any atom is -0.398 e. The van der Waals surface area contributed by atoms with Crippen LogP contribution in [0.25, 0.3) is 0 Å². The van der Waals surface area contributed by atoms with Gasteiger partial charge in [-0.15, -0.1) is 0 Å². The molecule has 0 unspecified atom stereocenters. The number of nitrogens with zero attached hydrogens (tertiary/aromatic N) is 1. The standard InChI is InChI=1S/C14H9ClFN3O/c15-9-2-3-12(18)10(6-9)14(20)19-13-4-1-8(7-17)5-11(13)16/h1-6H,18H2,(H,19,20). The van der Waals surface area contributed by atoms with Crippen LogP contribution in [0.4, 0.5) is 15.8 Å². The molecule has 0 spiro atoms. The molecule has 2 rings (SSSR count). The van der Waals surface area contributed by atoms with Crippen molar-refractivity contribution in [1.82, 2.24) is 0 Å². The fourth-order valence-corrected chi connectivity index (χ4v) is 1.77. The smallest absolute Gasteiger partial charge is 0.257 e. The van der Waals surface area contributed by atoms with Crippen LogP contribution in [0.1, 0.15) is 15.9 Å². The van der Waals surface area contributed by atoms with Gasteiger partial charge in [0.05, 0.1) is 22.9 Å². The second-order valence-electron chi connectivity index (χ2n) is 3.99. The Morgan fingerprint density at radius 3 is 2.70 bits per heavy atom. The number of hydrogen-bond acceptors (Lipinski definition) is 3. The van der Waals surface area contributed by atoms with Gasteiger partial charge in [0.2, 0.25) is 0 Å². The molecule has 100 valence electrons. The first-order valence-corrected chi connectivity index (χ1v) is 5.95. The Bertz CT molecular complexity index is 725. The van der Waals surface area contributed by atoms with Crippen LogP contribution in [0.2, 0.25) is 5.02 Å². The first-order valence-electron chi connectivity index (χ1n) is 5.57. The molecule has 0 saturated heterocycles. The van der Waals surface area contributed by atoms with Crippen molar-refractivity contribution in [3.05, 3.63) is 58.4 Å². The summed E-state index contributed by atoms with van der Waals surface area (Å²) in [6.45, 7) is 0. The Morgan fingerprint density at radius 1 is 1.30 bits per heavy atom. The van der Waals surface area contributed by atoms with Gasteiger partial charge in [-0.3, -0.25) is 4.79 Å². The largest absolute Gasteiger partial charge is 0.398 e. The lowest BCUT2D eigenvalue weighted by atomic mass is 10.1. The third-order valence-electron chi connectivity index (χ3n) is 2.61. The lowest BCUT2D eigenvalue weighted by Gasteiger charge is -2.09. The molecule has 0 heterocycles. The van der Waals surface area contributed by atoms with Crippen LogP contribution in [0, 0.1) is 17.1 Å². The molecule has 0 radical (unpaired) electrons. The summed E-state index contributed by atoms with van der Waals surface area (Å²) < 4.78 is 13.7. The summed E-state index contributed by atoms with van der Waals surface area (Å²) in [5.74, 6) is -1.27. The second-order valence-corrected chi connectivity index (χ2v) is 4.43. The average Bonchev–Trinajstić information content (AvgIpc) is 2.43. The molecule has 4 nitrogen and oxygen atoms in total. The van der Waals surface area contributed by atoms with Gasteiger partial charge >= 0.3 is 0 Å². The van der Waals surface area contributed by atoms with Gasteiger partial charge in [-0.2, -0.15) is 5.26 Å². The van der Waals surface area contributed by atoms with E-state index in [-0.39, 0.29) is 22.5 Å². The predicted molar refractivity (Wildman–Crippen MR) is 74.9 cm³/mol. The summed E-state index contributed by atoms with van der Waals surface area (Å²) in [5.41, 5.74) is 6.20. The molecule has 2 aromatic carbocycles. The van der Waals surface area contributed by atoms with E-state index in [0.717, 1.165) is 6.07 Å². The van der Waals surface area contributed by atoms with Crippen LogP contribution in [-0.4, -0.2) is 5.91 Å². The number of carbonyl (C=O) groups excluding carboxylic acids is 1. The minimum atomic E-state index is -0.696. The van der Waals surface area contributed by atoms with E-state index in [2.05, 4.69) is 5.32 Å². The average molecular weight is 290 g/mol. The number of benzene rings is 2. The third-order valence-corrected chi connectivity index (χ3v) is 2.84. The molecule has 0 atom stereocenters. The van der Waals surface area contributed by atoms with E-state index in [1.807, 2.05) is 0 Å². The Kier molecular flexibility index (Phi) is 3.87. The first kappa shape index (κ1) is 13.8. The van der Waals surface area contributed by atoms with Crippen molar-refractivity contribution in [3.63, 3.8) is 0 Å². The van der Waals surface area contributed by atoms with E-state index in [9.17, 15) is 9.18 Å². The van der Waals surface area contributed by atoms with Crippen LogP contribution in [0.3, 0.4) is 0 Å². The zero-order valence-corrected chi connectivity index (χ0v) is 10.9. The summed E-state index contributed by atoms with van der Waals surface area (Å²) in [6.07, 6.45) is 0. The molecule has 20 heavy (non-hydrogen) atoms. The number of rotatable bonds is 2. The molecule has 6 heteroatoms. The van der Waals surface area contributed by atoms with Crippen molar-refractivity contribution in [1.29, 1.82) is 5.26 Å². The number of nitriles is 1. The maximum absolute atomic E-state index is 13.7. The number of halogens is 2. The number of carbonyl (C=O) groups is 1. The zero-order chi connectivity index (χ0) is 14.7. The van der Waals surface area contributed by atoms with E-state index in [1.165, 1.54) is 24.3 Å². The number of anilines is 2. The van der Waals surface area contributed by atoms with Gasteiger partial charge in [-0.25, -0.2) is 4.39 Å². The maximum atomic E-state index is 13.7. The fourth-order valence-electron chi connectivity index (χ4n) is 1.60. The third kappa shape index (κ3) is 2.87. The first-order chi connectivity index (χ1) is 9.51. The van der Waals surface area contributed by atoms with Crippen molar-refractivity contribution in [2.75, 3.05) is 11.1 Å². The van der Waals surface area contributed by atoms with Gasteiger partial charge in [0, 0.05) is 10.7 Å². The van der Waals surface area contributed by atoms with Gasteiger partial charge in [0.1, 0.15) is 5.82 Å². The lowest BCUT2D eigenvalue weighted by molar-refractivity contribution is 0.102. The van der Waals surface area contributed by atoms with Crippen LogP contribution >= 0.6 is 11.6 Å². The highest BCUT2D eigenvalue weighted by Gasteiger charge is 2.13. The van der Waals surface area contributed by atoms with Crippen LogP contribution in [0.15, 0.2) is 36.4 Å². The summed E-state index contributed by atoms with van der Waals surface area (Å²) in [4.78, 5) is 12.0. The van der Waals surface area contributed by atoms with Gasteiger partial charge in [-0.05, 0) is 36.4 Å². The number of nitrogens with two attached hydrogens (primary N) is 1. The summed E-state index contributed by atoms with van der Waals surface area (Å²) in [6, 6.07) is 10.0. The van der Waals surface area contributed by atoms with E-state index in [1.54, 1.807) is 12.1 Å². The lowest BCUT2D eigenvalue weighted by Crippen LogP contribution is -2.15. The molecule has 0 aliphatic heterocycles. The summed E-state index contributed by atoms with van der Waals surface area (Å²) in [5, 5.41) is 11.4. The molecule has 0 fully saturated rings. The van der Waals surface area contributed by atoms with Gasteiger partial charge in [0.25, 0.3) is 5.91 Å². The quantitative estimate of drug-likeness (QED) is 0.833. The van der Waals surface area contributed by atoms with Crippen molar-refractivity contribution < 1.29 is 9.18 Å².